The van der Waals surface area contributed by atoms with E-state index in [4.69, 9.17) is 0 Å². The lowest BCUT2D eigenvalue weighted by atomic mass is 10.8. The molecule has 0 aliphatic rings. The summed E-state index contributed by atoms with van der Waals surface area (Å²) in [5.74, 6) is -0.0378. The molecule has 0 saturated heterocycles. The third kappa shape index (κ3) is 5.69. The van der Waals surface area contributed by atoms with Crippen LogP contribution in [0, 0.1) is 0 Å². The summed E-state index contributed by atoms with van der Waals surface area (Å²) in [6.45, 7) is 7.61. The van der Waals surface area contributed by atoms with E-state index < -0.39 is 8.24 Å². The molecule has 8 heavy (non-hydrogen) atoms. The highest BCUT2D eigenvalue weighted by Gasteiger charge is 2.11. The van der Waals surface area contributed by atoms with Gasteiger partial charge in [0.1, 0.15) is 0 Å². The summed E-state index contributed by atoms with van der Waals surface area (Å²) in [5, 5.41) is 10.3. The molecule has 2 nitrogen and oxygen atoms in total. The Bertz CT molecular complexity index is 99.5. The van der Waals surface area contributed by atoms with Crippen molar-refractivity contribution in [2.45, 2.75) is 26.6 Å². The van der Waals surface area contributed by atoms with Crippen molar-refractivity contribution in [3.63, 3.8) is 0 Å². The molecule has 0 spiro atoms. The van der Waals surface area contributed by atoms with Crippen LogP contribution in [0.3, 0.4) is 0 Å². The van der Waals surface area contributed by atoms with E-state index in [2.05, 4.69) is 4.66 Å². The standard InChI is InChI=1S/C5H12NOSi/c1-5(7)6-8(2,3)4/h1-4H3/b6-5+. The number of rotatable bonds is 1. The fourth-order valence-corrected chi connectivity index (χ4v) is 1.42. The molecule has 0 aliphatic heterocycles. The van der Waals surface area contributed by atoms with Gasteiger partial charge in [-0.1, -0.05) is 0 Å². The Balaban J connectivity index is 3.89. The number of hydrogen-bond acceptors (Lipinski definition) is 1. The molecule has 0 aromatic rings. The second kappa shape index (κ2) is 2.30. The van der Waals surface area contributed by atoms with Crippen LogP contribution in [0.2, 0.25) is 19.6 Å². The van der Waals surface area contributed by atoms with E-state index in [1.54, 1.807) is 0 Å². The van der Waals surface area contributed by atoms with Crippen LogP contribution >= 0.6 is 0 Å². The van der Waals surface area contributed by atoms with E-state index in [-0.39, 0.29) is 5.90 Å². The van der Waals surface area contributed by atoms with Gasteiger partial charge in [0.25, 0.3) is 0 Å². The van der Waals surface area contributed by atoms with Gasteiger partial charge in [0.15, 0.2) is 8.24 Å². The third-order valence-corrected chi connectivity index (χ3v) is 1.48. The molecule has 0 saturated carbocycles. The molecule has 0 aromatic carbocycles. The van der Waals surface area contributed by atoms with Crippen molar-refractivity contribution in [2.24, 2.45) is 4.66 Å². The Morgan fingerprint density at radius 3 is 1.75 bits per heavy atom. The Kier molecular flexibility index (Phi) is 2.21. The fraction of sp³-hybridized carbons (Fsp3) is 0.800. The summed E-state index contributed by atoms with van der Waals surface area (Å²) in [5.41, 5.74) is 0. The van der Waals surface area contributed by atoms with Gasteiger partial charge in [-0.15, -0.1) is 0 Å². The molecular weight excluding hydrogens is 118 g/mol. The van der Waals surface area contributed by atoms with E-state index in [0.29, 0.717) is 0 Å². The first-order chi connectivity index (χ1) is 3.42. The number of nitrogens with zero attached hydrogens (tertiary/aromatic N) is 1. The second-order valence-electron chi connectivity index (χ2n) is 2.80. The smallest absolute Gasteiger partial charge is 0.229 e. The molecule has 0 bridgehead atoms. The maximum Gasteiger partial charge on any atom is 0.229 e. The SMILES string of the molecule is C/C([O])=N\[Si](C)(C)C. The Labute approximate surface area is 51.3 Å². The van der Waals surface area contributed by atoms with Crippen LogP contribution in [0.5, 0.6) is 0 Å². The zero-order valence-corrected chi connectivity index (χ0v) is 6.86. The first kappa shape index (κ1) is 7.69. The van der Waals surface area contributed by atoms with E-state index in [1.165, 1.54) is 6.92 Å². The predicted octanol–water partition coefficient (Wildman–Crippen LogP) is 1.67. The van der Waals surface area contributed by atoms with Gasteiger partial charge in [-0.2, -0.15) is 0 Å². The minimum absolute atomic E-state index is 0.0378. The van der Waals surface area contributed by atoms with Crippen molar-refractivity contribution in [2.75, 3.05) is 0 Å². The van der Waals surface area contributed by atoms with Crippen LogP contribution in [0.25, 0.3) is 0 Å². The molecule has 0 unspecified atom stereocenters. The molecule has 0 N–H and O–H groups in total. The number of hydrogen-bond donors (Lipinski definition) is 0. The lowest BCUT2D eigenvalue weighted by Crippen LogP contribution is -2.17. The summed E-state index contributed by atoms with van der Waals surface area (Å²) in [7, 11) is -1.44. The summed E-state index contributed by atoms with van der Waals surface area (Å²) in [6.07, 6.45) is 0. The monoisotopic (exact) mass is 130 g/mol. The Morgan fingerprint density at radius 1 is 1.38 bits per heavy atom. The first-order valence-electron chi connectivity index (χ1n) is 2.65. The van der Waals surface area contributed by atoms with Gasteiger partial charge in [0.05, 0.1) is 0 Å². The molecule has 0 amide bonds. The lowest BCUT2D eigenvalue weighted by Gasteiger charge is -2.05. The third-order valence-electron chi connectivity index (χ3n) is 0.493. The largest absolute Gasteiger partial charge is 0.291 e. The van der Waals surface area contributed by atoms with Gasteiger partial charge in [-0.25, -0.2) is 0 Å². The average Bonchev–Trinajstić information content (AvgIpc) is 1.21. The van der Waals surface area contributed by atoms with Gasteiger partial charge < -0.3 is 0 Å². The molecule has 1 radical (unpaired) electrons. The molecule has 0 aliphatic carbocycles. The van der Waals surface area contributed by atoms with Crippen molar-refractivity contribution >= 4 is 14.1 Å². The highest BCUT2D eigenvalue weighted by Crippen LogP contribution is 2.00. The summed E-state index contributed by atoms with van der Waals surface area (Å²) in [4.78, 5) is 0. The summed E-state index contributed by atoms with van der Waals surface area (Å²) < 4.78 is 3.91. The molecular formula is C5H12NOSi. The molecule has 0 aromatic heterocycles. The quantitative estimate of drug-likeness (QED) is 0.294. The van der Waals surface area contributed by atoms with Crippen molar-refractivity contribution in [3.8, 4) is 0 Å². The van der Waals surface area contributed by atoms with Crippen molar-refractivity contribution < 1.29 is 5.11 Å². The van der Waals surface area contributed by atoms with Gasteiger partial charge in [-0.3, -0.25) is 9.76 Å². The normalized spacial score (nSPS) is 14.2. The average molecular weight is 130 g/mol. The highest BCUT2D eigenvalue weighted by atomic mass is 28.3. The van der Waals surface area contributed by atoms with Crippen LogP contribution in [0.15, 0.2) is 4.66 Å². The van der Waals surface area contributed by atoms with Crippen molar-refractivity contribution in [1.82, 2.24) is 0 Å². The Morgan fingerprint density at radius 2 is 1.75 bits per heavy atom. The lowest BCUT2D eigenvalue weighted by molar-refractivity contribution is 0.425. The predicted molar refractivity (Wildman–Crippen MR) is 37.1 cm³/mol. The minimum Gasteiger partial charge on any atom is -0.291 e. The maximum atomic E-state index is 10.3. The summed E-state index contributed by atoms with van der Waals surface area (Å²) >= 11 is 0. The maximum absolute atomic E-state index is 10.3. The van der Waals surface area contributed by atoms with E-state index in [1.807, 2.05) is 19.6 Å². The summed E-state index contributed by atoms with van der Waals surface area (Å²) in [6, 6.07) is 0. The highest BCUT2D eigenvalue weighted by molar-refractivity contribution is 6.75. The second-order valence-corrected chi connectivity index (χ2v) is 7.37. The minimum atomic E-state index is -1.44. The van der Waals surface area contributed by atoms with E-state index >= 15 is 0 Å². The fourth-order valence-electron chi connectivity index (χ4n) is 0.472. The van der Waals surface area contributed by atoms with Gasteiger partial charge in [0, 0.05) is 6.92 Å². The van der Waals surface area contributed by atoms with Crippen molar-refractivity contribution in [1.29, 1.82) is 0 Å². The van der Waals surface area contributed by atoms with E-state index in [9.17, 15) is 5.11 Å². The van der Waals surface area contributed by atoms with Crippen LogP contribution in [0.4, 0.5) is 0 Å². The molecule has 0 atom stereocenters. The van der Waals surface area contributed by atoms with Crippen LogP contribution in [0.1, 0.15) is 6.92 Å². The zero-order chi connectivity index (χ0) is 6.78. The van der Waals surface area contributed by atoms with Gasteiger partial charge >= 0.3 is 0 Å². The molecule has 0 fully saturated rings. The van der Waals surface area contributed by atoms with Crippen LogP contribution in [-0.2, 0) is 5.11 Å². The zero-order valence-electron chi connectivity index (χ0n) is 5.86. The molecule has 47 valence electrons. The van der Waals surface area contributed by atoms with Crippen LogP contribution in [-0.4, -0.2) is 14.1 Å². The topological polar surface area (TPSA) is 32.3 Å². The first-order valence-corrected chi connectivity index (χ1v) is 6.10. The van der Waals surface area contributed by atoms with Crippen LogP contribution < -0.4 is 0 Å². The Hall–Kier alpha value is -0.313. The van der Waals surface area contributed by atoms with E-state index in [0.717, 1.165) is 0 Å². The molecule has 3 heteroatoms. The molecule has 0 rings (SSSR count). The molecule has 0 heterocycles. The van der Waals surface area contributed by atoms with Crippen molar-refractivity contribution in [3.05, 3.63) is 0 Å². The van der Waals surface area contributed by atoms with Gasteiger partial charge in [0.2, 0.25) is 5.90 Å². The van der Waals surface area contributed by atoms with Gasteiger partial charge in [-0.05, 0) is 19.6 Å².